The number of ether oxygens (including phenoxy) is 3. The van der Waals surface area contributed by atoms with Crippen LogP contribution in [0.25, 0.3) is 0 Å². The zero-order valence-electron chi connectivity index (χ0n) is 42.9. The molecule has 374 valence electrons. The lowest BCUT2D eigenvalue weighted by atomic mass is 10.0. The maximum atomic E-state index is 12.7. The molecule has 0 aliphatic heterocycles. The Morgan fingerprint density at radius 3 is 0.635 bits per heavy atom. The molecule has 0 N–H and O–H groups in total. The third-order valence-electron chi connectivity index (χ3n) is 13.1. The minimum atomic E-state index is -0.758. The quantitative estimate of drug-likeness (QED) is 0.0344. The maximum Gasteiger partial charge on any atom is 0.306 e. The summed E-state index contributed by atoms with van der Waals surface area (Å²) in [5, 5.41) is 0. The monoisotopic (exact) mass is 891 g/mol. The van der Waals surface area contributed by atoms with Crippen LogP contribution in [0.4, 0.5) is 0 Å². The van der Waals surface area contributed by atoms with Crippen LogP contribution in [0.15, 0.2) is 0 Å². The third-order valence-corrected chi connectivity index (χ3v) is 13.1. The highest BCUT2D eigenvalue weighted by atomic mass is 16.6. The molecule has 0 rings (SSSR count). The Balaban J connectivity index is 3.97. The summed E-state index contributed by atoms with van der Waals surface area (Å²) in [6.07, 6.45) is 58.5. The summed E-state index contributed by atoms with van der Waals surface area (Å²) in [5.74, 6) is -0.847. The van der Waals surface area contributed by atoms with Crippen LogP contribution >= 0.6 is 0 Å². The number of carbonyl (C=O) groups excluding carboxylic acids is 3. The van der Waals surface area contributed by atoms with Gasteiger partial charge in [0.25, 0.3) is 0 Å². The molecule has 0 saturated carbocycles. The number of hydrogen-bond donors (Lipinski definition) is 0. The van der Waals surface area contributed by atoms with Gasteiger partial charge in [0.2, 0.25) is 0 Å². The number of unbranched alkanes of at least 4 members (excludes halogenated alkanes) is 42. The average Bonchev–Trinajstić information content (AvgIpc) is 3.28. The molecular formula is C57H110O6. The highest BCUT2D eigenvalue weighted by Crippen LogP contribution is 2.18. The molecule has 1 atom stereocenters. The van der Waals surface area contributed by atoms with Gasteiger partial charge in [-0.1, -0.05) is 290 Å². The van der Waals surface area contributed by atoms with Gasteiger partial charge in [-0.2, -0.15) is 0 Å². The fourth-order valence-corrected chi connectivity index (χ4v) is 8.80. The molecule has 0 aromatic carbocycles. The van der Waals surface area contributed by atoms with Gasteiger partial charge in [0.15, 0.2) is 6.10 Å². The van der Waals surface area contributed by atoms with Gasteiger partial charge in [0.05, 0.1) is 0 Å². The van der Waals surface area contributed by atoms with Crippen LogP contribution in [-0.4, -0.2) is 37.2 Å². The fraction of sp³-hybridized carbons (Fsp3) is 0.947. The molecule has 0 heterocycles. The summed E-state index contributed by atoms with van der Waals surface area (Å²) >= 11 is 0. The summed E-state index contributed by atoms with van der Waals surface area (Å²) < 4.78 is 16.8. The largest absolute Gasteiger partial charge is 0.462 e. The highest BCUT2D eigenvalue weighted by Gasteiger charge is 2.19. The van der Waals surface area contributed by atoms with E-state index in [1.165, 1.54) is 231 Å². The highest BCUT2D eigenvalue weighted by molar-refractivity contribution is 5.71. The van der Waals surface area contributed by atoms with E-state index >= 15 is 0 Å². The Bertz CT molecular complexity index is 936. The number of esters is 3. The van der Waals surface area contributed by atoms with Crippen molar-refractivity contribution in [1.82, 2.24) is 0 Å². The van der Waals surface area contributed by atoms with Crippen molar-refractivity contribution in [3.63, 3.8) is 0 Å². The lowest BCUT2D eigenvalue weighted by Crippen LogP contribution is -2.30. The first-order chi connectivity index (χ1) is 31.0. The molecule has 0 aromatic rings. The van der Waals surface area contributed by atoms with Crippen molar-refractivity contribution in [2.45, 2.75) is 335 Å². The Morgan fingerprint density at radius 2 is 0.429 bits per heavy atom. The minimum Gasteiger partial charge on any atom is -0.462 e. The Morgan fingerprint density at radius 1 is 0.254 bits per heavy atom. The van der Waals surface area contributed by atoms with Crippen LogP contribution in [0, 0.1) is 0 Å². The van der Waals surface area contributed by atoms with Gasteiger partial charge in [-0.15, -0.1) is 0 Å². The van der Waals surface area contributed by atoms with E-state index in [0.29, 0.717) is 19.3 Å². The molecule has 0 aromatic heterocycles. The topological polar surface area (TPSA) is 78.9 Å². The van der Waals surface area contributed by atoms with Crippen molar-refractivity contribution in [2.75, 3.05) is 13.2 Å². The fourth-order valence-electron chi connectivity index (χ4n) is 8.80. The number of rotatable bonds is 53. The summed E-state index contributed by atoms with van der Waals surface area (Å²) in [6.45, 7) is 6.65. The van der Waals surface area contributed by atoms with Crippen molar-refractivity contribution in [3.05, 3.63) is 0 Å². The van der Waals surface area contributed by atoms with E-state index in [1.807, 2.05) is 0 Å². The lowest BCUT2D eigenvalue weighted by molar-refractivity contribution is -0.167. The summed E-state index contributed by atoms with van der Waals surface area (Å²) in [6, 6.07) is 0. The average molecular weight is 892 g/mol. The van der Waals surface area contributed by atoms with Gasteiger partial charge < -0.3 is 14.2 Å². The van der Waals surface area contributed by atoms with Gasteiger partial charge in [-0.05, 0) is 19.3 Å². The second-order valence-electron chi connectivity index (χ2n) is 19.6. The predicted octanol–water partition coefficient (Wildman–Crippen LogP) is 18.8. The minimum absolute atomic E-state index is 0.0623. The van der Waals surface area contributed by atoms with E-state index in [9.17, 15) is 14.4 Å². The van der Waals surface area contributed by atoms with Crippen LogP contribution in [0.1, 0.15) is 329 Å². The van der Waals surface area contributed by atoms with Gasteiger partial charge in [-0.25, -0.2) is 0 Å². The lowest BCUT2D eigenvalue weighted by Gasteiger charge is -2.18. The van der Waals surface area contributed by atoms with Crippen molar-refractivity contribution in [2.24, 2.45) is 0 Å². The molecule has 1 unspecified atom stereocenters. The molecule has 0 bridgehead atoms. The SMILES string of the molecule is CCCCCCCCCCCCCCCCCCCCCCCCCCCCCC(=O)OCC(COC(=O)CCCCCCCCCC)OC(=O)CCCCCCCCCCCC. The van der Waals surface area contributed by atoms with E-state index in [1.54, 1.807) is 0 Å². The van der Waals surface area contributed by atoms with Crippen LogP contribution in [0.3, 0.4) is 0 Å². The normalized spacial score (nSPS) is 11.9. The van der Waals surface area contributed by atoms with E-state index in [4.69, 9.17) is 14.2 Å². The standard InChI is InChI=1S/C57H110O6/c1-4-7-10-13-16-19-21-22-23-24-25-26-27-28-29-30-31-32-33-34-35-36-37-39-41-44-47-50-56(59)62-53-54(52-61-55(58)49-46-43-40-18-15-12-9-6-3)63-57(60)51-48-45-42-38-20-17-14-11-8-5-2/h54H,4-53H2,1-3H3. The maximum absolute atomic E-state index is 12.7. The molecule has 0 amide bonds. The van der Waals surface area contributed by atoms with E-state index in [-0.39, 0.29) is 31.1 Å². The smallest absolute Gasteiger partial charge is 0.306 e. The second kappa shape index (κ2) is 53.0. The van der Waals surface area contributed by atoms with E-state index < -0.39 is 6.10 Å². The predicted molar refractivity (Wildman–Crippen MR) is 270 cm³/mol. The first-order valence-electron chi connectivity index (χ1n) is 28.5. The molecular weight excluding hydrogens is 781 g/mol. The number of carbonyl (C=O) groups is 3. The van der Waals surface area contributed by atoms with Gasteiger partial charge in [0, 0.05) is 19.3 Å². The van der Waals surface area contributed by atoms with Crippen LogP contribution in [-0.2, 0) is 28.6 Å². The molecule has 63 heavy (non-hydrogen) atoms. The van der Waals surface area contributed by atoms with Crippen molar-refractivity contribution in [3.8, 4) is 0 Å². The Labute approximate surface area is 393 Å². The van der Waals surface area contributed by atoms with Crippen LogP contribution < -0.4 is 0 Å². The van der Waals surface area contributed by atoms with Gasteiger partial charge >= 0.3 is 17.9 Å². The van der Waals surface area contributed by atoms with Crippen molar-refractivity contribution in [1.29, 1.82) is 0 Å². The second-order valence-corrected chi connectivity index (χ2v) is 19.6. The first-order valence-corrected chi connectivity index (χ1v) is 28.5. The molecule has 0 saturated heterocycles. The zero-order valence-corrected chi connectivity index (χ0v) is 42.9. The molecule has 6 nitrogen and oxygen atoms in total. The molecule has 0 spiro atoms. The van der Waals surface area contributed by atoms with Crippen LogP contribution in [0.5, 0.6) is 0 Å². The number of hydrogen-bond acceptors (Lipinski definition) is 6. The van der Waals surface area contributed by atoms with E-state index in [2.05, 4.69) is 20.8 Å². The van der Waals surface area contributed by atoms with E-state index in [0.717, 1.165) is 57.8 Å². The van der Waals surface area contributed by atoms with Crippen molar-refractivity contribution >= 4 is 17.9 Å². The molecule has 0 aliphatic rings. The molecule has 6 heteroatoms. The summed E-state index contributed by atoms with van der Waals surface area (Å²) in [7, 11) is 0. The molecule has 0 aliphatic carbocycles. The van der Waals surface area contributed by atoms with Crippen LogP contribution in [0.2, 0.25) is 0 Å². The van der Waals surface area contributed by atoms with Crippen molar-refractivity contribution < 1.29 is 28.6 Å². The first kappa shape index (κ1) is 61.4. The molecule has 0 fully saturated rings. The van der Waals surface area contributed by atoms with Gasteiger partial charge in [-0.3, -0.25) is 14.4 Å². The zero-order chi connectivity index (χ0) is 45.8. The summed E-state index contributed by atoms with van der Waals surface area (Å²) in [4.78, 5) is 37.8. The molecule has 0 radical (unpaired) electrons. The Kier molecular flexibility index (Phi) is 51.7. The summed E-state index contributed by atoms with van der Waals surface area (Å²) in [5.41, 5.74) is 0. The third kappa shape index (κ3) is 51.3. The Hall–Kier alpha value is -1.59. The van der Waals surface area contributed by atoms with Gasteiger partial charge in [0.1, 0.15) is 13.2 Å².